The standard InChI is InChI=1S/C10H21F3O2Si/c1-8(2)7-16(3,4)15-9(5-6-14)10(11,12)13/h8-9,14H,5-7H2,1-4H3. The fraction of sp³-hybridized carbons (Fsp3) is 1.00. The number of rotatable bonds is 6. The van der Waals surface area contributed by atoms with Gasteiger partial charge in [0.05, 0.1) is 0 Å². The molecule has 1 unspecified atom stereocenters. The zero-order valence-electron chi connectivity index (χ0n) is 10.3. The highest BCUT2D eigenvalue weighted by Gasteiger charge is 2.43. The highest BCUT2D eigenvalue weighted by molar-refractivity contribution is 6.71. The van der Waals surface area contributed by atoms with E-state index < -0.39 is 27.2 Å². The van der Waals surface area contributed by atoms with E-state index in [0.717, 1.165) is 0 Å². The maximum absolute atomic E-state index is 12.6. The minimum Gasteiger partial charge on any atom is -0.406 e. The second-order valence-electron chi connectivity index (χ2n) is 5.02. The van der Waals surface area contributed by atoms with Gasteiger partial charge in [0.1, 0.15) is 6.10 Å². The van der Waals surface area contributed by atoms with Crippen molar-refractivity contribution in [1.29, 1.82) is 0 Å². The van der Waals surface area contributed by atoms with E-state index in [0.29, 0.717) is 12.0 Å². The predicted molar refractivity (Wildman–Crippen MR) is 59.8 cm³/mol. The van der Waals surface area contributed by atoms with Crippen LogP contribution in [0.4, 0.5) is 13.2 Å². The van der Waals surface area contributed by atoms with Crippen LogP contribution in [0.5, 0.6) is 0 Å². The van der Waals surface area contributed by atoms with Gasteiger partial charge in [0.15, 0.2) is 8.32 Å². The molecule has 0 aliphatic rings. The summed E-state index contributed by atoms with van der Waals surface area (Å²) in [5.74, 6) is 0.324. The third kappa shape index (κ3) is 6.50. The molecule has 0 aliphatic carbocycles. The molecule has 6 heteroatoms. The van der Waals surface area contributed by atoms with Gasteiger partial charge in [-0.15, -0.1) is 0 Å². The average Bonchev–Trinajstić information content (AvgIpc) is 1.98. The Kier molecular flexibility index (Phi) is 5.99. The van der Waals surface area contributed by atoms with Gasteiger partial charge in [-0.1, -0.05) is 13.8 Å². The molecule has 1 N–H and O–H groups in total. The molecular weight excluding hydrogens is 237 g/mol. The Labute approximate surface area is 95.9 Å². The third-order valence-electron chi connectivity index (χ3n) is 2.12. The predicted octanol–water partition coefficient (Wildman–Crippen LogP) is 3.18. The molecule has 98 valence electrons. The summed E-state index contributed by atoms with van der Waals surface area (Å²) >= 11 is 0. The highest BCUT2D eigenvalue weighted by Crippen LogP contribution is 2.30. The molecule has 0 rings (SSSR count). The smallest absolute Gasteiger partial charge is 0.406 e. The number of hydrogen-bond donors (Lipinski definition) is 1. The Balaban J connectivity index is 4.49. The lowest BCUT2D eigenvalue weighted by molar-refractivity contribution is -0.201. The number of halogens is 3. The molecule has 0 aromatic heterocycles. The van der Waals surface area contributed by atoms with Crippen molar-refractivity contribution in [2.75, 3.05) is 6.61 Å². The molecule has 0 radical (unpaired) electrons. The summed E-state index contributed by atoms with van der Waals surface area (Å²) < 4.78 is 42.9. The molecule has 0 aromatic carbocycles. The van der Waals surface area contributed by atoms with Crippen molar-refractivity contribution in [2.45, 2.75) is 51.7 Å². The molecule has 0 aliphatic heterocycles. The van der Waals surface area contributed by atoms with Crippen molar-refractivity contribution in [2.24, 2.45) is 5.92 Å². The molecule has 0 spiro atoms. The van der Waals surface area contributed by atoms with E-state index in [1.807, 2.05) is 13.8 Å². The number of aliphatic hydroxyl groups is 1. The van der Waals surface area contributed by atoms with Crippen LogP contribution < -0.4 is 0 Å². The van der Waals surface area contributed by atoms with Gasteiger partial charge in [-0.2, -0.15) is 13.2 Å². The minimum atomic E-state index is -4.38. The van der Waals surface area contributed by atoms with E-state index in [-0.39, 0.29) is 6.42 Å². The van der Waals surface area contributed by atoms with Crippen LogP contribution in [0, 0.1) is 5.92 Å². The van der Waals surface area contributed by atoms with Gasteiger partial charge < -0.3 is 9.53 Å². The van der Waals surface area contributed by atoms with Gasteiger partial charge in [-0.25, -0.2) is 0 Å². The third-order valence-corrected chi connectivity index (χ3v) is 4.84. The monoisotopic (exact) mass is 258 g/mol. The van der Waals surface area contributed by atoms with Gasteiger partial charge in [0.2, 0.25) is 0 Å². The Morgan fingerprint density at radius 3 is 2.06 bits per heavy atom. The summed E-state index contributed by atoms with van der Waals surface area (Å²) in [6.07, 6.45) is -6.58. The number of aliphatic hydroxyl groups excluding tert-OH is 1. The first-order chi connectivity index (χ1) is 7.08. The maximum atomic E-state index is 12.6. The lowest BCUT2D eigenvalue weighted by atomic mass is 10.2. The first kappa shape index (κ1) is 15.9. The molecule has 0 saturated heterocycles. The van der Waals surface area contributed by atoms with Crippen molar-refractivity contribution < 1.29 is 22.7 Å². The molecule has 0 heterocycles. The van der Waals surface area contributed by atoms with E-state index in [1.165, 1.54) is 0 Å². The van der Waals surface area contributed by atoms with Crippen LogP contribution in [0.3, 0.4) is 0 Å². The fourth-order valence-electron chi connectivity index (χ4n) is 1.82. The van der Waals surface area contributed by atoms with E-state index in [2.05, 4.69) is 0 Å². The summed E-state index contributed by atoms with van der Waals surface area (Å²) in [4.78, 5) is 0. The topological polar surface area (TPSA) is 29.5 Å². The average molecular weight is 258 g/mol. The second kappa shape index (κ2) is 6.02. The normalized spacial score (nSPS) is 15.6. The SMILES string of the molecule is CC(C)C[Si](C)(C)OC(CCO)C(F)(F)F. The summed E-state index contributed by atoms with van der Waals surface area (Å²) in [7, 11) is -2.31. The molecule has 0 amide bonds. The van der Waals surface area contributed by atoms with E-state index in [9.17, 15) is 13.2 Å². The zero-order valence-corrected chi connectivity index (χ0v) is 11.3. The quantitative estimate of drug-likeness (QED) is 0.741. The summed E-state index contributed by atoms with van der Waals surface area (Å²) in [6, 6.07) is 0.686. The molecule has 0 saturated carbocycles. The lowest BCUT2D eigenvalue weighted by Gasteiger charge is -2.31. The van der Waals surface area contributed by atoms with Crippen molar-refractivity contribution in [3.05, 3.63) is 0 Å². The van der Waals surface area contributed by atoms with Crippen LogP contribution in [0.1, 0.15) is 20.3 Å². The van der Waals surface area contributed by atoms with Gasteiger partial charge >= 0.3 is 6.18 Å². The Bertz CT molecular complexity index is 205. The van der Waals surface area contributed by atoms with Gasteiger partial charge in [-0.3, -0.25) is 0 Å². The first-order valence-corrected chi connectivity index (χ1v) is 8.55. The van der Waals surface area contributed by atoms with Crippen molar-refractivity contribution >= 4 is 8.32 Å². The molecule has 2 nitrogen and oxygen atoms in total. The van der Waals surface area contributed by atoms with Crippen LogP contribution in [-0.4, -0.2) is 32.3 Å². The van der Waals surface area contributed by atoms with E-state index in [4.69, 9.17) is 9.53 Å². The molecule has 16 heavy (non-hydrogen) atoms. The van der Waals surface area contributed by atoms with Crippen LogP contribution in [-0.2, 0) is 4.43 Å². The van der Waals surface area contributed by atoms with Gasteiger partial charge in [-0.05, 0) is 25.1 Å². The van der Waals surface area contributed by atoms with Crippen molar-refractivity contribution in [3.8, 4) is 0 Å². The van der Waals surface area contributed by atoms with Crippen molar-refractivity contribution in [1.82, 2.24) is 0 Å². The van der Waals surface area contributed by atoms with Gasteiger partial charge in [0.25, 0.3) is 0 Å². The van der Waals surface area contributed by atoms with E-state index >= 15 is 0 Å². The summed E-state index contributed by atoms with van der Waals surface area (Å²) in [5.41, 5.74) is 0. The molecule has 0 fully saturated rings. The number of alkyl halides is 3. The van der Waals surface area contributed by atoms with E-state index in [1.54, 1.807) is 13.1 Å². The van der Waals surface area contributed by atoms with Crippen molar-refractivity contribution in [3.63, 3.8) is 0 Å². The summed E-state index contributed by atoms with van der Waals surface area (Å²) in [5, 5.41) is 8.61. The zero-order chi connectivity index (χ0) is 13.0. The Hall–Kier alpha value is -0.0731. The number of hydrogen-bond acceptors (Lipinski definition) is 2. The van der Waals surface area contributed by atoms with Crippen LogP contribution in [0.2, 0.25) is 19.1 Å². The Morgan fingerprint density at radius 2 is 1.75 bits per heavy atom. The minimum absolute atomic E-state index is 0.324. The maximum Gasteiger partial charge on any atom is 0.413 e. The molecular formula is C10H21F3O2Si. The Morgan fingerprint density at radius 1 is 1.25 bits per heavy atom. The van der Waals surface area contributed by atoms with Crippen LogP contribution in [0.15, 0.2) is 0 Å². The van der Waals surface area contributed by atoms with Crippen LogP contribution >= 0.6 is 0 Å². The molecule has 0 aromatic rings. The first-order valence-electron chi connectivity index (χ1n) is 5.44. The lowest BCUT2D eigenvalue weighted by Crippen LogP contribution is -2.43. The van der Waals surface area contributed by atoms with Gasteiger partial charge in [0, 0.05) is 13.0 Å². The fourth-order valence-corrected chi connectivity index (χ4v) is 4.91. The largest absolute Gasteiger partial charge is 0.413 e. The van der Waals surface area contributed by atoms with Crippen LogP contribution in [0.25, 0.3) is 0 Å². The summed E-state index contributed by atoms with van der Waals surface area (Å²) in [6.45, 7) is 6.99. The highest BCUT2D eigenvalue weighted by atomic mass is 28.4. The molecule has 1 atom stereocenters. The molecule has 0 bridgehead atoms. The second-order valence-corrected chi connectivity index (χ2v) is 9.18.